The van der Waals surface area contributed by atoms with E-state index in [0.29, 0.717) is 5.92 Å². The molecule has 0 aromatic heterocycles. The van der Waals surface area contributed by atoms with E-state index in [9.17, 15) is 4.79 Å². The number of methoxy groups -OCH3 is 1. The Hall–Kier alpha value is -0.570. The molecule has 3 heteroatoms. The maximum absolute atomic E-state index is 11.3. The van der Waals surface area contributed by atoms with Crippen LogP contribution in [0.3, 0.4) is 0 Å². The van der Waals surface area contributed by atoms with Crippen LogP contribution in [-0.2, 0) is 9.53 Å². The molecule has 0 aliphatic carbocycles. The minimum atomic E-state index is -0.0606. The van der Waals surface area contributed by atoms with Crippen LogP contribution in [0.1, 0.15) is 19.8 Å². The van der Waals surface area contributed by atoms with Gasteiger partial charge in [0.25, 0.3) is 0 Å². The summed E-state index contributed by atoms with van der Waals surface area (Å²) in [6, 6.07) is 0. The lowest BCUT2D eigenvalue weighted by Crippen LogP contribution is -2.35. The van der Waals surface area contributed by atoms with Crippen molar-refractivity contribution < 1.29 is 9.53 Å². The van der Waals surface area contributed by atoms with Crippen molar-refractivity contribution >= 4 is 5.97 Å². The summed E-state index contributed by atoms with van der Waals surface area (Å²) in [4.78, 5) is 13.6. The molecule has 0 saturated carbocycles. The summed E-state index contributed by atoms with van der Waals surface area (Å²) in [5.74, 6) is 0.525. The highest BCUT2D eigenvalue weighted by Crippen LogP contribution is 2.24. The highest BCUT2D eigenvalue weighted by Gasteiger charge is 2.27. The first-order valence-electron chi connectivity index (χ1n) is 4.91. The van der Waals surface area contributed by atoms with E-state index in [-0.39, 0.29) is 11.9 Å². The fraction of sp³-hybridized carbons (Fsp3) is 0.900. The lowest BCUT2D eigenvalue weighted by atomic mass is 9.86. The Labute approximate surface area is 80.1 Å². The first-order valence-corrected chi connectivity index (χ1v) is 4.91. The van der Waals surface area contributed by atoms with Gasteiger partial charge in [-0.3, -0.25) is 4.79 Å². The van der Waals surface area contributed by atoms with Gasteiger partial charge < -0.3 is 9.64 Å². The number of hydrogen-bond acceptors (Lipinski definition) is 3. The number of rotatable bonds is 2. The molecule has 3 nitrogen and oxygen atoms in total. The van der Waals surface area contributed by atoms with Gasteiger partial charge >= 0.3 is 5.97 Å². The van der Waals surface area contributed by atoms with Gasteiger partial charge in [0, 0.05) is 0 Å². The molecule has 0 amide bonds. The molecule has 0 N–H and O–H groups in total. The Morgan fingerprint density at radius 1 is 1.46 bits per heavy atom. The molecule has 1 rings (SSSR count). The quantitative estimate of drug-likeness (QED) is 0.604. The first-order chi connectivity index (χ1) is 6.15. The molecular weight excluding hydrogens is 166 g/mol. The molecule has 1 aliphatic rings. The largest absolute Gasteiger partial charge is 0.469 e. The molecule has 1 heterocycles. The van der Waals surface area contributed by atoms with E-state index in [1.54, 1.807) is 0 Å². The molecule has 0 aromatic rings. The number of piperidine rings is 1. The number of hydrogen-bond donors (Lipinski definition) is 0. The van der Waals surface area contributed by atoms with Crippen LogP contribution in [0.4, 0.5) is 0 Å². The van der Waals surface area contributed by atoms with Crippen molar-refractivity contribution in [3.63, 3.8) is 0 Å². The van der Waals surface area contributed by atoms with Gasteiger partial charge in [0.05, 0.1) is 13.0 Å². The molecule has 1 fully saturated rings. The van der Waals surface area contributed by atoms with Crippen LogP contribution >= 0.6 is 0 Å². The number of esters is 1. The van der Waals surface area contributed by atoms with Crippen LogP contribution in [0.2, 0.25) is 0 Å². The predicted octanol–water partition coefficient (Wildman–Crippen LogP) is 1.14. The van der Waals surface area contributed by atoms with Crippen molar-refractivity contribution in [3.05, 3.63) is 0 Å². The van der Waals surface area contributed by atoms with Crippen molar-refractivity contribution in [1.29, 1.82) is 0 Å². The van der Waals surface area contributed by atoms with E-state index in [0.717, 1.165) is 25.9 Å². The smallest absolute Gasteiger partial charge is 0.308 e. The average Bonchev–Trinajstić information content (AvgIpc) is 2.17. The number of carbonyl (C=O) groups excluding carboxylic acids is 1. The Kier molecular flexibility index (Phi) is 3.72. The summed E-state index contributed by atoms with van der Waals surface area (Å²) in [7, 11) is 3.59. The Morgan fingerprint density at radius 2 is 2.00 bits per heavy atom. The summed E-state index contributed by atoms with van der Waals surface area (Å²) >= 11 is 0. The minimum absolute atomic E-state index is 0.0606. The maximum atomic E-state index is 11.3. The number of carbonyl (C=O) groups is 1. The second kappa shape index (κ2) is 4.61. The molecular formula is C10H19NO2. The molecule has 1 saturated heterocycles. The Morgan fingerprint density at radius 3 is 2.46 bits per heavy atom. The fourth-order valence-electron chi connectivity index (χ4n) is 1.91. The molecule has 1 unspecified atom stereocenters. The van der Waals surface area contributed by atoms with Gasteiger partial charge in [-0.05, 0) is 38.9 Å². The molecule has 13 heavy (non-hydrogen) atoms. The summed E-state index contributed by atoms with van der Waals surface area (Å²) in [6.07, 6.45) is 2.24. The third-order valence-electron chi connectivity index (χ3n) is 3.04. The van der Waals surface area contributed by atoms with E-state index in [4.69, 9.17) is 4.74 Å². The van der Waals surface area contributed by atoms with Crippen LogP contribution < -0.4 is 0 Å². The number of ether oxygens (including phenoxy) is 1. The van der Waals surface area contributed by atoms with Gasteiger partial charge in [0.1, 0.15) is 0 Å². The average molecular weight is 185 g/mol. The standard InChI is InChI=1S/C10H19NO2/c1-8(10(12)13-3)9-4-6-11(2)7-5-9/h8-9H,4-7H2,1-3H3. The summed E-state index contributed by atoms with van der Waals surface area (Å²) in [6.45, 7) is 4.18. The van der Waals surface area contributed by atoms with Gasteiger partial charge in [-0.1, -0.05) is 6.92 Å². The van der Waals surface area contributed by atoms with Gasteiger partial charge in [0.2, 0.25) is 0 Å². The normalized spacial score (nSPS) is 22.7. The van der Waals surface area contributed by atoms with E-state index in [2.05, 4.69) is 11.9 Å². The molecule has 0 spiro atoms. The van der Waals surface area contributed by atoms with Gasteiger partial charge in [-0.15, -0.1) is 0 Å². The first kappa shape index (κ1) is 10.5. The fourth-order valence-corrected chi connectivity index (χ4v) is 1.91. The molecule has 0 bridgehead atoms. The van der Waals surface area contributed by atoms with Crippen LogP contribution in [0, 0.1) is 11.8 Å². The lowest BCUT2D eigenvalue weighted by molar-refractivity contribution is -0.147. The maximum Gasteiger partial charge on any atom is 0.308 e. The highest BCUT2D eigenvalue weighted by molar-refractivity contribution is 5.72. The lowest BCUT2D eigenvalue weighted by Gasteiger charge is -2.31. The van der Waals surface area contributed by atoms with E-state index < -0.39 is 0 Å². The topological polar surface area (TPSA) is 29.5 Å². The predicted molar refractivity (Wildman–Crippen MR) is 51.4 cm³/mol. The molecule has 1 aliphatic heterocycles. The van der Waals surface area contributed by atoms with E-state index in [1.165, 1.54) is 7.11 Å². The van der Waals surface area contributed by atoms with Crippen LogP contribution in [-0.4, -0.2) is 38.1 Å². The van der Waals surface area contributed by atoms with Crippen molar-refractivity contribution in [2.75, 3.05) is 27.2 Å². The van der Waals surface area contributed by atoms with Crippen molar-refractivity contribution in [1.82, 2.24) is 4.90 Å². The second-order valence-corrected chi connectivity index (χ2v) is 3.95. The zero-order chi connectivity index (χ0) is 9.84. The van der Waals surface area contributed by atoms with E-state index in [1.807, 2.05) is 6.92 Å². The minimum Gasteiger partial charge on any atom is -0.469 e. The SMILES string of the molecule is COC(=O)C(C)C1CCN(C)CC1. The van der Waals surface area contributed by atoms with Crippen LogP contribution in [0.15, 0.2) is 0 Å². The zero-order valence-corrected chi connectivity index (χ0v) is 8.75. The van der Waals surface area contributed by atoms with Crippen molar-refractivity contribution in [2.24, 2.45) is 11.8 Å². The second-order valence-electron chi connectivity index (χ2n) is 3.95. The Balaban J connectivity index is 2.39. The van der Waals surface area contributed by atoms with Crippen molar-refractivity contribution in [3.8, 4) is 0 Å². The van der Waals surface area contributed by atoms with E-state index >= 15 is 0 Å². The molecule has 0 radical (unpaired) electrons. The van der Waals surface area contributed by atoms with Gasteiger partial charge in [-0.2, -0.15) is 0 Å². The third kappa shape index (κ3) is 2.69. The molecule has 0 aromatic carbocycles. The summed E-state index contributed by atoms with van der Waals surface area (Å²) < 4.78 is 4.74. The van der Waals surface area contributed by atoms with Gasteiger partial charge in [0.15, 0.2) is 0 Å². The Bertz CT molecular complexity index is 174. The zero-order valence-electron chi connectivity index (χ0n) is 8.75. The monoisotopic (exact) mass is 185 g/mol. The number of nitrogens with zero attached hydrogens (tertiary/aromatic N) is 1. The summed E-state index contributed by atoms with van der Waals surface area (Å²) in [5, 5.41) is 0. The van der Waals surface area contributed by atoms with Crippen LogP contribution in [0.5, 0.6) is 0 Å². The number of likely N-dealkylation sites (tertiary alicyclic amines) is 1. The van der Waals surface area contributed by atoms with Gasteiger partial charge in [-0.25, -0.2) is 0 Å². The molecule has 1 atom stereocenters. The van der Waals surface area contributed by atoms with Crippen molar-refractivity contribution in [2.45, 2.75) is 19.8 Å². The summed E-state index contributed by atoms with van der Waals surface area (Å²) in [5.41, 5.74) is 0. The van der Waals surface area contributed by atoms with Crippen LogP contribution in [0.25, 0.3) is 0 Å². The third-order valence-corrected chi connectivity index (χ3v) is 3.04. The highest BCUT2D eigenvalue weighted by atomic mass is 16.5. The molecule has 76 valence electrons.